The van der Waals surface area contributed by atoms with Crippen LogP contribution >= 0.6 is 11.6 Å². The maximum Gasteiger partial charge on any atom is 0.280 e. The van der Waals surface area contributed by atoms with Gasteiger partial charge in [0, 0.05) is 16.4 Å². The molecule has 0 fully saturated rings. The molecule has 0 atom stereocenters. The fourth-order valence-corrected chi connectivity index (χ4v) is 2.12. The summed E-state index contributed by atoms with van der Waals surface area (Å²) in [5, 5.41) is 9.73. The van der Waals surface area contributed by atoms with E-state index in [1.54, 1.807) is 28.9 Å². The van der Waals surface area contributed by atoms with Gasteiger partial charge in [0.15, 0.2) is 0 Å². The van der Waals surface area contributed by atoms with Crippen LogP contribution in [0.2, 0.25) is 5.02 Å². The van der Waals surface area contributed by atoms with Crippen molar-refractivity contribution in [3.05, 3.63) is 63.9 Å². The van der Waals surface area contributed by atoms with Gasteiger partial charge >= 0.3 is 0 Å². The molecule has 1 heterocycles. The summed E-state index contributed by atoms with van der Waals surface area (Å²) in [6.07, 6.45) is 1.51. The Morgan fingerprint density at radius 1 is 1.29 bits per heavy atom. The van der Waals surface area contributed by atoms with E-state index >= 15 is 0 Å². The summed E-state index contributed by atoms with van der Waals surface area (Å²) in [6.45, 7) is 3.75. The molecule has 4 nitrogen and oxygen atoms in total. The average molecular weight is 300 g/mol. The van der Waals surface area contributed by atoms with Gasteiger partial charge in [0.25, 0.3) is 5.91 Å². The number of halogens is 1. The lowest BCUT2D eigenvalue weighted by molar-refractivity contribution is -0.113. The van der Waals surface area contributed by atoms with E-state index in [2.05, 4.69) is 5.43 Å². The van der Waals surface area contributed by atoms with Gasteiger partial charge in [0.1, 0.15) is 11.6 Å². The van der Waals surface area contributed by atoms with Gasteiger partial charge in [-0.3, -0.25) is 14.9 Å². The van der Waals surface area contributed by atoms with Crippen molar-refractivity contribution in [2.45, 2.75) is 13.8 Å². The van der Waals surface area contributed by atoms with Crippen LogP contribution in [0.25, 0.3) is 6.08 Å². The number of aryl methyl sites for hydroxylation is 2. The lowest BCUT2D eigenvalue weighted by Crippen LogP contribution is -2.25. The van der Waals surface area contributed by atoms with E-state index in [1.807, 2.05) is 32.0 Å². The van der Waals surface area contributed by atoms with E-state index in [0.29, 0.717) is 10.6 Å². The molecular formula is C16H14ClN3O. The Bertz CT molecular complexity index is 734. The molecule has 0 unspecified atom stereocenters. The third kappa shape index (κ3) is 3.53. The first kappa shape index (κ1) is 14.9. The van der Waals surface area contributed by atoms with Crippen molar-refractivity contribution in [2.24, 2.45) is 0 Å². The molecule has 1 aromatic heterocycles. The Labute approximate surface area is 128 Å². The first-order valence-electron chi connectivity index (χ1n) is 6.35. The number of hydrogen-bond donors (Lipinski definition) is 1. The minimum absolute atomic E-state index is 0.0183. The monoisotopic (exact) mass is 299 g/mol. The predicted octanol–water partition coefficient (Wildman–Crippen LogP) is 3.44. The fourth-order valence-electron chi connectivity index (χ4n) is 1.92. The number of nitrogens with zero attached hydrogens (tertiary/aromatic N) is 2. The molecular weight excluding hydrogens is 286 g/mol. The molecule has 0 saturated heterocycles. The van der Waals surface area contributed by atoms with Crippen LogP contribution in [-0.2, 0) is 4.79 Å². The van der Waals surface area contributed by atoms with Crippen LogP contribution in [-0.4, -0.2) is 10.6 Å². The van der Waals surface area contributed by atoms with E-state index in [4.69, 9.17) is 11.6 Å². The number of hydrogen-bond acceptors (Lipinski definition) is 2. The van der Waals surface area contributed by atoms with Crippen molar-refractivity contribution in [3.8, 4) is 6.07 Å². The number of benzene rings is 1. The van der Waals surface area contributed by atoms with Crippen LogP contribution in [0.15, 0.2) is 42.0 Å². The zero-order chi connectivity index (χ0) is 15.4. The van der Waals surface area contributed by atoms with Gasteiger partial charge in [-0.25, -0.2) is 0 Å². The number of aromatic nitrogens is 1. The molecule has 1 N–H and O–H groups in total. The summed E-state index contributed by atoms with van der Waals surface area (Å²) in [4.78, 5) is 12.2. The van der Waals surface area contributed by atoms with Crippen molar-refractivity contribution in [3.63, 3.8) is 0 Å². The van der Waals surface area contributed by atoms with Crippen molar-refractivity contribution < 1.29 is 4.79 Å². The van der Waals surface area contributed by atoms with E-state index in [-0.39, 0.29) is 5.57 Å². The number of nitriles is 1. The van der Waals surface area contributed by atoms with Gasteiger partial charge in [-0.2, -0.15) is 5.26 Å². The summed E-state index contributed by atoms with van der Waals surface area (Å²) >= 11 is 5.89. The van der Waals surface area contributed by atoms with E-state index in [1.165, 1.54) is 6.08 Å². The molecule has 0 aliphatic rings. The summed E-state index contributed by atoms with van der Waals surface area (Å²) < 4.78 is 1.64. The minimum Gasteiger partial charge on any atom is -0.267 e. The molecule has 0 bridgehead atoms. The predicted molar refractivity (Wildman–Crippen MR) is 83.3 cm³/mol. The van der Waals surface area contributed by atoms with Gasteiger partial charge < -0.3 is 0 Å². The second-order valence-electron chi connectivity index (χ2n) is 4.62. The summed E-state index contributed by atoms with van der Waals surface area (Å²) in [5.74, 6) is -0.458. The van der Waals surface area contributed by atoms with Gasteiger partial charge in [-0.05, 0) is 49.8 Å². The highest BCUT2D eigenvalue weighted by Crippen LogP contribution is 2.14. The topological polar surface area (TPSA) is 57.8 Å². The van der Waals surface area contributed by atoms with Gasteiger partial charge in [0.05, 0.1) is 0 Å². The molecule has 2 rings (SSSR count). The van der Waals surface area contributed by atoms with Crippen LogP contribution in [0.4, 0.5) is 0 Å². The number of nitrogens with one attached hydrogen (secondary N) is 1. The standard InChI is InChI=1S/C16H14ClN3O/c1-11-6-7-12(2)20(11)19-16(21)14(10-18)8-13-4-3-5-15(17)9-13/h3-9H,1-2H3,(H,19,21)/b14-8-. The maximum atomic E-state index is 12.2. The van der Waals surface area contributed by atoms with Crippen molar-refractivity contribution in [2.75, 3.05) is 5.43 Å². The van der Waals surface area contributed by atoms with Gasteiger partial charge in [-0.15, -0.1) is 0 Å². The third-order valence-electron chi connectivity index (χ3n) is 3.01. The van der Waals surface area contributed by atoms with E-state index in [9.17, 15) is 10.1 Å². The van der Waals surface area contributed by atoms with Crippen LogP contribution in [0.3, 0.4) is 0 Å². The third-order valence-corrected chi connectivity index (χ3v) is 3.24. The Balaban J connectivity index is 2.26. The van der Waals surface area contributed by atoms with Crippen molar-refractivity contribution in [1.82, 2.24) is 4.68 Å². The second-order valence-corrected chi connectivity index (χ2v) is 5.05. The Morgan fingerprint density at radius 3 is 2.52 bits per heavy atom. The molecule has 5 heteroatoms. The smallest absolute Gasteiger partial charge is 0.267 e. The zero-order valence-corrected chi connectivity index (χ0v) is 12.5. The first-order valence-corrected chi connectivity index (χ1v) is 6.72. The van der Waals surface area contributed by atoms with Crippen molar-refractivity contribution >= 4 is 23.6 Å². The summed E-state index contributed by atoms with van der Waals surface area (Å²) in [5.41, 5.74) is 5.20. The average Bonchev–Trinajstić information content (AvgIpc) is 2.76. The number of amides is 1. The number of carbonyl (C=O) groups excluding carboxylic acids is 1. The van der Waals surface area contributed by atoms with E-state index < -0.39 is 5.91 Å². The van der Waals surface area contributed by atoms with E-state index in [0.717, 1.165) is 11.4 Å². The highest BCUT2D eigenvalue weighted by molar-refractivity contribution is 6.30. The largest absolute Gasteiger partial charge is 0.280 e. The molecule has 0 aliphatic heterocycles. The first-order chi connectivity index (χ1) is 10.0. The molecule has 0 saturated carbocycles. The number of rotatable bonds is 3. The molecule has 106 valence electrons. The lowest BCUT2D eigenvalue weighted by atomic mass is 10.1. The minimum atomic E-state index is -0.458. The van der Waals surface area contributed by atoms with Crippen LogP contribution in [0.5, 0.6) is 0 Å². The molecule has 21 heavy (non-hydrogen) atoms. The summed E-state index contributed by atoms with van der Waals surface area (Å²) in [6, 6.07) is 12.7. The SMILES string of the molecule is Cc1ccc(C)n1NC(=O)/C(C#N)=C\c1cccc(Cl)c1. The quantitative estimate of drug-likeness (QED) is 0.697. The fraction of sp³-hybridized carbons (Fsp3) is 0.125. The number of carbonyl (C=O) groups is 1. The highest BCUT2D eigenvalue weighted by atomic mass is 35.5. The normalized spacial score (nSPS) is 11.0. The van der Waals surface area contributed by atoms with Gasteiger partial charge in [0.2, 0.25) is 0 Å². The molecule has 1 aromatic carbocycles. The van der Waals surface area contributed by atoms with Crippen LogP contribution < -0.4 is 5.43 Å². The summed E-state index contributed by atoms with van der Waals surface area (Å²) in [7, 11) is 0. The second kappa shape index (κ2) is 6.29. The Kier molecular flexibility index (Phi) is 4.46. The molecule has 0 radical (unpaired) electrons. The van der Waals surface area contributed by atoms with Crippen molar-refractivity contribution in [1.29, 1.82) is 5.26 Å². The maximum absolute atomic E-state index is 12.2. The molecule has 0 aliphatic carbocycles. The Hall–Kier alpha value is -2.51. The zero-order valence-electron chi connectivity index (χ0n) is 11.7. The molecule has 0 spiro atoms. The lowest BCUT2D eigenvalue weighted by Gasteiger charge is -2.10. The molecule has 2 aromatic rings. The molecule has 1 amide bonds. The highest BCUT2D eigenvalue weighted by Gasteiger charge is 2.11. The van der Waals surface area contributed by atoms with Crippen LogP contribution in [0.1, 0.15) is 17.0 Å². The van der Waals surface area contributed by atoms with Crippen LogP contribution in [0, 0.1) is 25.2 Å². The Morgan fingerprint density at radius 2 is 1.95 bits per heavy atom. The van der Waals surface area contributed by atoms with Gasteiger partial charge in [-0.1, -0.05) is 23.7 Å².